The Morgan fingerprint density at radius 1 is 1.09 bits per heavy atom. The fraction of sp³-hybridized carbons (Fsp3) is 0.222. The first-order valence-corrected chi connectivity index (χ1v) is 7.63. The topological polar surface area (TPSA) is 41.8 Å². The van der Waals surface area contributed by atoms with Gasteiger partial charge < -0.3 is 4.90 Å². The fourth-order valence-electron chi connectivity index (χ4n) is 2.83. The van der Waals surface area contributed by atoms with Gasteiger partial charge in [0, 0.05) is 5.56 Å². The van der Waals surface area contributed by atoms with Gasteiger partial charge in [-0.1, -0.05) is 30.3 Å². The van der Waals surface area contributed by atoms with Crippen LogP contribution < -0.4 is 9.80 Å². The Labute approximate surface area is 134 Å². The molecule has 118 valence electrons. The van der Waals surface area contributed by atoms with Crippen LogP contribution >= 0.6 is 0 Å². The number of quaternary nitrogens is 1. The fourth-order valence-corrected chi connectivity index (χ4v) is 2.83. The number of nitrogens with zero attached hydrogens (tertiary/aromatic N) is 1. The maximum atomic E-state index is 13.3. The minimum atomic E-state index is -0.630. The van der Waals surface area contributed by atoms with Crippen molar-refractivity contribution in [3.8, 4) is 0 Å². The molecule has 3 rings (SSSR count). The molecule has 0 bridgehead atoms. The highest BCUT2D eigenvalue weighted by molar-refractivity contribution is 6.52. The van der Waals surface area contributed by atoms with Gasteiger partial charge in [0.25, 0.3) is 5.78 Å². The summed E-state index contributed by atoms with van der Waals surface area (Å²) in [6.07, 6.45) is 0. The molecule has 2 aromatic rings. The van der Waals surface area contributed by atoms with Crippen LogP contribution in [0, 0.1) is 5.82 Å². The lowest BCUT2D eigenvalue weighted by Crippen LogP contribution is -3.12. The number of ketones is 1. The largest absolute Gasteiger partial charge is 0.314 e. The van der Waals surface area contributed by atoms with Gasteiger partial charge in [0.15, 0.2) is 6.67 Å². The lowest BCUT2D eigenvalue weighted by Gasteiger charge is -2.24. The number of carbonyl (C=O) groups is 2. The van der Waals surface area contributed by atoms with E-state index in [1.54, 1.807) is 0 Å². The third-order valence-corrected chi connectivity index (χ3v) is 4.11. The number of hydrogen-bond donors (Lipinski definition) is 1. The molecule has 0 saturated carbocycles. The van der Waals surface area contributed by atoms with Crippen molar-refractivity contribution in [3.63, 3.8) is 0 Å². The molecule has 1 aliphatic heterocycles. The number of fused-ring (bicyclic) bond motifs is 1. The van der Waals surface area contributed by atoms with Gasteiger partial charge in [-0.3, -0.25) is 14.5 Å². The monoisotopic (exact) mass is 313 g/mol. The normalized spacial score (nSPS) is 15.0. The van der Waals surface area contributed by atoms with Crippen molar-refractivity contribution in [1.29, 1.82) is 0 Å². The maximum Gasteiger partial charge on any atom is 0.303 e. The standard InChI is InChI=1S/C18H17FN2O2/c1-2-20(11-13-6-4-3-5-7-13)12-21-16-9-8-14(19)10-15(16)17(22)18(21)23/h3-10H,2,11-12H2,1H3/p+1. The SMILES string of the molecule is CC[NH+](Cc1ccccc1)CN1C(=O)C(=O)c2cc(F)ccc21. The summed E-state index contributed by atoms with van der Waals surface area (Å²) < 4.78 is 13.3. The first-order chi connectivity index (χ1) is 11.1. The van der Waals surface area contributed by atoms with E-state index in [0.29, 0.717) is 12.4 Å². The first-order valence-electron chi connectivity index (χ1n) is 7.63. The van der Waals surface area contributed by atoms with Gasteiger partial charge in [0.1, 0.15) is 12.4 Å². The Hall–Kier alpha value is -2.53. The minimum absolute atomic E-state index is 0.158. The van der Waals surface area contributed by atoms with Crippen molar-refractivity contribution in [2.75, 3.05) is 18.1 Å². The van der Waals surface area contributed by atoms with Crippen molar-refractivity contribution < 1.29 is 18.9 Å². The number of halogens is 1. The average Bonchev–Trinajstić information content (AvgIpc) is 2.79. The molecule has 0 spiro atoms. The van der Waals surface area contributed by atoms with Gasteiger partial charge in [-0.05, 0) is 25.1 Å². The molecule has 0 saturated heterocycles. The highest BCUT2D eigenvalue weighted by Crippen LogP contribution is 2.28. The van der Waals surface area contributed by atoms with E-state index in [1.165, 1.54) is 22.6 Å². The van der Waals surface area contributed by atoms with Crippen LogP contribution in [0.5, 0.6) is 0 Å². The number of Topliss-reactive ketones (excluding diaryl/α,β-unsaturated/α-hetero) is 1. The zero-order chi connectivity index (χ0) is 16.4. The summed E-state index contributed by atoms with van der Waals surface area (Å²) in [7, 11) is 0. The molecule has 4 nitrogen and oxygen atoms in total. The van der Waals surface area contributed by atoms with E-state index in [4.69, 9.17) is 0 Å². The number of rotatable bonds is 5. The molecule has 0 fully saturated rings. The van der Waals surface area contributed by atoms with Crippen LogP contribution in [0.4, 0.5) is 10.1 Å². The summed E-state index contributed by atoms with van der Waals surface area (Å²) >= 11 is 0. The molecule has 0 aromatic heterocycles. The number of benzene rings is 2. The number of carbonyl (C=O) groups excluding carboxylic acids is 2. The summed E-state index contributed by atoms with van der Waals surface area (Å²) in [6, 6.07) is 13.9. The molecule has 1 heterocycles. The number of anilines is 1. The summed E-state index contributed by atoms with van der Waals surface area (Å²) in [5.74, 6) is -1.71. The van der Waals surface area contributed by atoms with Gasteiger partial charge in [-0.2, -0.15) is 0 Å². The smallest absolute Gasteiger partial charge is 0.303 e. The Kier molecular flexibility index (Phi) is 4.21. The van der Waals surface area contributed by atoms with E-state index in [1.807, 2.05) is 37.3 Å². The van der Waals surface area contributed by atoms with Crippen LogP contribution in [0.15, 0.2) is 48.5 Å². The Morgan fingerprint density at radius 2 is 1.83 bits per heavy atom. The zero-order valence-corrected chi connectivity index (χ0v) is 12.9. The van der Waals surface area contributed by atoms with Crippen LogP contribution in [0.3, 0.4) is 0 Å². The van der Waals surface area contributed by atoms with Crippen molar-refractivity contribution >= 4 is 17.4 Å². The predicted octanol–water partition coefficient (Wildman–Crippen LogP) is 1.42. The average molecular weight is 313 g/mol. The molecular formula is C18H18FN2O2+. The summed E-state index contributed by atoms with van der Waals surface area (Å²) in [4.78, 5) is 26.8. The third-order valence-electron chi connectivity index (χ3n) is 4.11. The summed E-state index contributed by atoms with van der Waals surface area (Å²) in [5.41, 5.74) is 1.83. The van der Waals surface area contributed by atoms with E-state index >= 15 is 0 Å². The lowest BCUT2D eigenvalue weighted by atomic mass is 10.1. The van der Waals surface area contributed by atoms with Crippen molar-refractivity contribution in [3.05, 3.63) is 65.5 Å². The molecular weight excluding hydrogens is 295 g/mol. The Morgan fingerprint density at radius 3 is 2.52 bits per heavy atom. The van der Waals surface area contributed by atoms with Crippen LogP contribution in [-0.4, -0.2) is 24.9 Å². The molecule has 1 amide bonds. The highest BCUT2D eigenvalue weighted by atomic mass is 19.1. The van der Waals surface area contributed by atoms with Crippen molar-refractivity contribution in [1.82, 2.24) is 0 Å². The predicted molar refractivity (Wildman–Crippen MR) is 84.7 cm³/mol. The zero-order valence-electron chi connectivity index (χ0n) is 12.9. The third kappa shape index (κ3) is 3.00. The van der Waals surface area contributed by atoms with E-state index in [2.05, 4.69) is 0 Å². The first kappa shape index (κ1) is 15.4. The molecule has 2 aromatic carbocycles. The molecule has 1 atom stereocenters. The second-order valence-electron chi connectivity index (χ2n) is 5.65. The molecule has 0 radical (unpaired) electrons. The summed E-state index contributed by atoms with van der Waals surface area (Å²) in [5, 5.41) is 0. The Bertz CT molecular complexity index is 746. The van der Waals surface area contributed by atoms with E-state index in [9.17, 15) is 14.0 Å². The Balaban J connectivity index is 1.81. The molecule has 1 unspecified atom stereocenters. The molecule has 1 N–H and O–H groups in total. The summed E-state index contributed by atoms with van der Waals surface area (Å²) in [6.45, 7) is 3.98. The molecule has 5 heteroatoms. The van der Waals surface area contributed by atoms with Crippen molar-refractivity contribution in [2.24, 2.45) is 0 Å². The van der Waals surface area contributed by atoms with Crippen LogP contribution in [0.1, 0.15) is 22.8 Å². The van der Waals surface area contributed by atoms with Gasteiger partial charge in [-0.25, -0.2) is 4.39 Å². The van der Waals surface area contributed by atoms with E-state index in [-0.39, 0.29) is 5.56 Å². The highest BCUT2D eigenvalue weighted by Gasteiger charge is 2.37. The van der Waals surface area contributed by atoms with E-state index in [0.717, 1.165) is 24.1 Å². The number of nitrogens with one attached hydrogen (secondary N) is 1. The molecule has 23 heavy (non-hydrogen) atoms. The number of amides is 1. The molecule has 1 aliphatic rings. The number of hydrogen-bond acceptors (Lipinski definition) is 2. The minimum Gasteiger partial charge on any atom is -0.314 e. The maximum absolute atomic E-state index is 13.3. The van der Waals surface area contributed by atoms with E-state index < -0.39 is 17.5 Å². The van der Waals surface area contributed by atoms with Crippen LogP contribution in [0.25, 0.3) is 0 Å². The second-order valence-corrected chi connectivity index (χ2v) is 5.65. The van der Waals surface area contributed by atoms with Gasteiger partial charge in [-0.15, -0.1) is 0 Å². The van der Waals surface area contributed by atoms with Gasteiger partial charge >= 0.3 is 5.91 Å². The lowest BCUT2D eigenvalue weighted by molar-refractivity contribution is -0.910. The van der Waals surface area contributed by atoms with Gasteiger partial charge in [0.2, 0.25) is 0 Å². The second kappa shape index (κ2) is 6.30. The quantitative estimate of drug-likeness (QED) is 0.848. The molecule has 0 aliphatic carbocycles. The van der Waals surface area contributed by atoms with Gasteiger partial charge in [0.05, 0.1) is 17.8 Å². The van der Waals surface area contributed by atoms with Crippen molar-refractivity contribution in [2.45, 2.75) is 13.5 Å². The van der Waals surface area contributed by atoms with Crippen LogP contribution in [0.2, 0.25) is 0 Å². The van der Waals surface area contributed by atoms with Crippen LogP contribution in [-0.2, 0) is 11.3 Å².